The number of nitroso groups, excluding NO2 is 1. The fourth-order valence-corrected chi connectivity index (χ4v) is 0.698. The second-order valence-corrected chi connectivity index (χ2v) is 1.98. The van der Waals surface area contributed by atoms with Gasteiger partial charge in [0.25, 0.3) is 11.8 Å². The van der Waals surface area contributed by atoms with E-state index in [-0.39, 0.29) is 0 Å². The van der Waals surface area contributed by atoms with E-state index in [1.165, 1.54) is 0 Å². The summed E-state index contributed by atoms with van der Waals surface area (Å²) in [5.41, 5.74) is -1.27. The molecular weight excluding hydrogens is 189 g/mol. The summed E-state index contributed by atoms with van der Waals surface area (Å²) in [4.78, 5) is 12.7. The molecule has 0 unspecified atom stereocenters. The van der Waals surface area contributed by atoms with Gasteiger partial charge in [0.05, 0.1) is 7.11 Å². The number of methoxy groups -OCH3 is 1. The fourth-order valence-electron chi connectivity index (χ4n) is 0.698. The highest BCUT2D eigenvalue weighted by Gasteiger charge is 2.21. The third-order valence-corrected chi connectivity index (χ3v) is 1.27. The van der Waals surface area contributed by atoms with E-state index in [1.54, 1.807) is 0 Å². The largest absolute Gasteiger partial charge is 0.479 e. The van der Waals surface area contributed by atoms with Gasteiger partial charge < -0.3 is 4.74 Å². The summed E-state index contributed by atoms with van der Waals surface area (Å²) in [7, 11) is 0.997. The van der Waals surface area contributed by atoms with Crippen LogP contribution in [0, 0.1) is 22.5 Å². The van der Waals surface area contributed by atoms with Gasteiger partial charge in [-0.3, -0.25) is 0 Å². The van der Waals surface area contributed by atoms with Crippen molar-refractivity contribution >= 4 is 5.69 Å². The first-order valence-corrected chi connectivity index (χ1v) is 3.03. The number of nitrogens with zero attached hydrogens (tertiary/aromatic N) is 2. The molecule has 0 aliphatic rings. The molecule has 70 valence electrons. The highest BCUT2D eigenvalue weighted by molar-refractivity contribution is 5.43. The molecule has 1 heterocycles. The molecule has 0 amide bonds. The number of halogens is 3. The first-order valence-electron chi connectivity index (χ1n) is 3.03. The Morgan fingerprint density at radius 3 is 2.38 bits per heavy atom. The van der Waals surface area contributed by atoms with E-state index in [9.17, 15) is 18.1 Å². The Bertz CT molecular complexity index is 356. The average Bonchev–Trinajstić information content (AvgIpc) is 2.12. The van der Waals surface area contributed by atoms with Crippen LogP contribution in [0.5, 0.6) is 5.88 Å². The zero-order chi connectivity index (χ0) is 10.0. The van der Waals surface area contributed by atoms with E-state index in [0.717, 1.165) is 7.11 Å². The van der Waals surface area contributed by atoms with E-state index in [1.807, 2.05) is 5.18 Å². The molecular formula is C6H3F3N2O2. The van der Waals surface area contributed by atoms with Crippen molar-refractivity contribution in [1.29, 1.82) is 0 Å². The normalized spacial score (nSPS) is 9.85. The Kier molecular flexibility index (Phi) is 2.45. The standard InChI is InChI=1S/C6H3F3N2O2/c1-13-6-3(8)4(11-12)2(7)5(9)10-6/h1H3. The molecule has 0 aliphatic heterocycles. The average molecular weight is 192 g/mol. The molecule has 0 spiro atoms. The highest BCUT2D eigenvalue weighted by Crippen LogP contribution is 2.28. The first kappa shape index (κ1) is 9.43. The maximum atomic E-state index is 12.8. The zero-order valence-electron chi connectivity index (χ0n) is 6.34. The smallest absolute Gasteiger partial charge is 0.255 e. The van der Waals surface area contributed by atoms with Gasteiger partial charge in [-0.05, 0) is 5.18 Å². The predicted molar refractivity (Wildman–Crippen MR) is 36.1 cm³/mol. The summed E-state index contributed by atoms with van der Waals surface area (Å²) >= 11 is 0. The minimum absolute atomic E-state index is 0.812. The fraction of sp³-hybridized carbons (Fsp3) is 0.167. The van der Waals surface area contributed by atoms with Crippen LogP contribution in [0.15, 0.2) is 5.18 Å². The van der Waals surface area contributed by atoms with Crippen LogP contribution >= 0.6 is 0 Å². The van der Waals surface area contributed by atoms with Gasteiger partial charge in [-0.15, -0.1) is 4.91 Å². The molecule has 0 N–H and O–H groups in total. The zero-order valence-corrected chi connectivity index (χ0v) is 6.34. The topological polar surface area (TPSA) is 51.6 Å². The summed E-state index contributed by atoms with van der Waals surface area (Å²) < 4.78 is 42.1. The van der Waals surface area contributed by atoms with Gasteiger partial charge in [0.1, 0.15) is 0 Å². The van der Waals surface area contributed by atoms with Gasteiger partial charge in [0.15, 0.2) is 5.69 Å². The van der Waals surface area contributed by atoms with E-state index in [4.69, 9.17) is 0 Å². The molecule has 1 rings (SSSR count). The minimum Gasteiger partial charge on any atom is -0.479 e. The second kappa shape index (κ2) is 3.38. The third-order valence-electron chi connectivity index (χ3n) is 1.27. The van der Waals surface area contributed by atoms with Crippen LogP contribution in [0.25, 0.3) is 0 Å². The predicted octanol–water partition coefficient (Wildman–Crippen LogP) is 1.91. The molecule has 0 radical (unpaired) electrons. The quantitative estimate of drug-likeness (QED) is 0.531. The number of aromatic nitrogens is 1. The molecule has 0 saturated heterocycles. The first-order chi connectivity index (χ1) is 6.11. The maximum Gasteiger partial charge on any atom is 0.255 e. The van der Waals surface area contributed by atoms with Crippen LogP contribution in [0.2, 0.25) is 0 Å². The van der Waals surface area contributed by atoms with Crippen molar-refractivity contribution in [1.82, 2.24) is 4.98 Å². The van der Waals surface area contributed by atoms with Crippen LogP contribution in [0.1, 0.15) is 0 Å². The van der Waals surface area contributed by atoms with E-state index >= 15 is 0 Å². The van der Waals surface area contributed by atoms with Crippen LogP contribution in [0.4, 0.5) is 18.9 Å². The number of rotatable bonds is 2. The molecule has 0 fully saturated rings. The Morgan fingerprint density at radius 2 is 1.92 bits per heavy atom. The summed E-state index contributed by atoms with van der Waals surface area (Å²) in [6.45, 7) is 0. The van der Waals surface area contributed by atoms with Crippen LogP contribution in [-0.4, -0.2) is 12.1 Å². The molecule has 0 saturated carbocycles. The van der Waals surface area contributed by atoms with Gasteiger partial charge in [-0.1, -0.05) is 0 Å². The van der Waals surface area contributed by atoms with E-state index in [2.05, 4.69) is 9.72 Å². The lowest BCUT2D eigenvalue weighted by Crippen LogP contribution is -1.99. The molecule has 7 heteroatoms. The number of hydrogen-bond acceptors (Lipinski definition) is 4. The second-order valence-electron chi connectivity index (χ2n) is 1.98. The molecule has 1 aromatic heterocycles. The van der Waals surface area contributed by atoms with Crippen molar-refractivity contribution in [3.63, 3.8) is 0 Å². The number of hydrogen-bond donors (Lipinski definition) is 0. The van der Waals surface area contributed by atoms with Crippen LogP contribution in [-0.2, 0) is 0 Å². The van der Waals surface area contributed by atoms with Crippen molar-refractivity contribution in [2.45, 2.75) is 0 Å². The Morgan fingerprint density at radius 1 is 1.31 bits per heavy atom. The summed E-state index contributed by atoms with van der Waals surface area (Å²) in [5.74, 6) is -5.59. The molecule has 4 nitrogen and oxygen atoms in total. The van der Waals surface area contributed by atoms with E-state index < -0.39 is 29.1 Å². The minimum atomic E-state index is -1.73. The summed E-state index contributed by atoms with van der Waals surface area (Å²) in [5, 5.41) is 1.98. The van der Waals surface area contributed by atoms with Crippen molar-refractivity contribution in [2.75, 3.05) is 7.11 Å². The van der Waals surface area contributed by atoms with Crippen molar-refractivity contribution in [3.05, 3.63) is 22.5 Å². The molecule has 13 heavy (non-hydrogen) atoms. The van der Waals surface area contributed by atoms with Gasteiger partial charge in [-0.25, -0.2) is 0 Å². The molecule has 0 aliphatic carbocycles. The lowest BCUT2D eigenvalue weighted by Gasteiger charge is -2.02. The lowest BCUT2D eigenvalue weighted by atomic mass is 10.3. The third kappa shape index (κ3) is 1.44. The van der Waals surface area contributed by atoms with Crippen molar-refractivity contribution < 1.29 is 17.9 Å². The number of pyridine rings is 1. The van der Waals surface area contributed by atoms with Crippen molar-refractivity contribution in [3.8, 4) is 5.88 Å². The van der Waals surface area contributed by atoms with Gasteiger partial charge >= 0.3 is 0 Å². The van der Waals surface area contributed by atoms with Gasteiger partial charge in [0.2, 0.25) is 11.6 Å². The SMILES string of the molecule is COc1nc(F)c(F)c(N=O)c1F. The molecule has 0 bridgehead atoms. The van der Waals surface area contributed by atoms with E-state index in [0.29, 0.717) is 0 Å². The summed E-state index contributed by atoms with van der Waals surface area (Å²) in [6.07, 6.45) is 0. The Balaban J connectivity index is 3.47. The molecule has 1 aromatic rings. The molecule has 0 aromatic carbocycles. The monoisotopic (exact) mass is 192 g/mol. The Labute approximate surface area is 70.3 Å². The Hall–Kier alpha value is -1.66. The van der Waals surface area contributed by atoms with Crippen molar-refractivity contribution in [2.24, 2.45) is 5.18 Å². The number of ether oxygens (including phenoxy) is 1. The summed E-state index contributed by atoms with van der Waals surface area (Å²) in [6, 6.07) is 0. The lowest BCUT2D eigenvalue weighted by molar-refractivity contribution is 0.349. The van der Waals surface area contributed by atoms with Gasteiger partial charge in [-0.2, -0.15) is 18.2 Å². The van der Waals surface area contributed by atoms with Crippen LogP contribution < -0.4 is 4.74 Å². The maximum absolute atomic E-state index is 12.8. The van der Waals surface area contributed by atoms with Gasteiger partial charge in [0, 0.05) is 0 Å². The molecule has 0 atom stereocenters. The highest BCUT2D eigenvalue weighted by atomic mass is 19.2. The van der Waals surface area contributed by atoms with Crippen LogP contribution in [0.3, 0.4) is 0 Å².